The van der Waals surface area contributed by atoms with Crippen molar-refractivity contribution in [1.82, 2.24) is 5.32 Å². The van der Waals surface area contributed by atoms with Crippen LogP contribution in [0.1, 0.15) is 53.3 Å². The number of carbonyl (C=O) groups excluding carboxylic acids is 1. The lowest BCUT2D eigenvalue weighted by Crippen LogP contribution is -2.24. The highest BCUT2D eigenvalue weighted by molar-refractivity contribution is 5.95. The molecule has 0 aromatic heterocycles. The molecule has 3 rings (SSSR count). The molecule has 2 N–H and O–H groups in total. The molecule has 2 aromatic carbocycles. The van der Waals surface area contributed by atoms with Crippen LogP contribution >= 0.6 is 0 Å². The van der Waals surface area contributed by atoms with E-state index in [1.165, 1.54) is 0 Å². The van der Waals surface area contributed by atoms with Crippen molar-refractivity contribution in [2.75, 3.05) is 25.6 Å². The van der Waals surface area contributed by atoms with E-state index in [1.807, 2.05) is 49.5 Å². The lowest BCUT2D eigenvalue weighted by Gasteiger charge is -2.24. The fraction of sp³-hybridized carbons (Fsp3) is 0.409. The molecule has 0 aliphatic carbocycles. The first-order chi connectivity index (χ1) is 13.1. The number of aliphatic hydroxyl groups excluding tert-OH is 1. The van der Waals surface area contributed by atoms with Gasteiger partial charge in [0, 0.05) is 42.5 Å². The number of amides is 1. The molecule has 1 heterocycles. The Hall–Kier alpha value is -2.53. The standard InChI is InChI=1S/C22H28N2O3/c1-24-13-7-3-4-9-20(25)18-14-16(11-12-19(18)24)22(26)23-15-17-8-5-6-10-21(17)27-2/h5-6,8,10-12,14,20,25H,3-4,7,9,13,15H2,1-2H3,(H,23,26). The van der Waals surface area contributed by atoms with Crippen LogP contribution in [0.2, 0.25) is 0 Å². The van der Waals surface area contributed by atoms with Gasteiger partial charge in [-0.2, -0.15) is 0 Å². The number of aliphatic hydroxyl groups is 1. The van der Waals surface area contributed by atoms with Gasteiger partial charge in [0.05, 0.1) is 13.2 Å². The van der Waals surface area contributed by atoms with Crippen LogP contribution in [0.25, 0.3) is 0 Å². The zero-order valence-electron chi connectivity index (χ0n) is 16.1. The van der Waals surface area contributed by atoms with Crippen molar-refractivity contribution in [1.29, 1.82) is 0 Å². The van der Waals surface area contributed by atoms with Gasteiger partial charge in [0.25, 0.3) is 5.91 Å². The highest BCUT2D eigenvalue weighted by atomic mass is 16.5. The van der Waals surface area contributed by atoms with Gasteiger partial charge in [-0.05, 0) is 37.1 Å². The second-order valence-corrected chi connectivity index (χ2v) is 7.05. The lowest BCUT2D eigenvalue weighted by molar-refractivity contribution is 0.0950. The fourth-order valence-corrected chi connectivity index (χ4v) is 3.58. The molecule has 0 saturated carbocycles. The predicted octanol–water partition coefficient (Wildman–Crippen LogP) is 3.67. The number of hydrogen-bond donors (Lipinski definition) is 2. The minimum atomic E-state index is -0.539. The van der Waals surface area contributed by atoms with E-state index in [9.17, 15) is 9.90 Å². The fourth-order valence-electron chi connectivity index (χ4n) is 3.58. The van der Waals surface area contributed by atoms with Crippen LogP contribution in [0, 0.1) is 0 Å². The van der Waals surface area contributed by atoms with Gasteiger partial charge < -0.3 is 20.1 Å². The summed E-state index contributed by atoms with van der Waals surface area (Å²) in [6.45, 7) is 1.35. The summed E-state index contributed by atoms with van der Waals surface area (Å²) in [5.74, 6) is 0.600. The van der Waals surface area contributed by atoms with Gasteiger partial charge >= 0.3 is 0 Å². The van der Waals surface area contributed by atoms with Gasteiger partial charge in [-0.1, -0.05) is 31.0 Å². The molecular formula is C22H28N2O3. The molecule has 1 amide bonds. The number of hydrogen-bond acceptors (Lipinski definition) is 4. The molecule has 0 fully saturated rings. The van der Waals surface area contributed by atoms with Gasteiger partial charge in [0.15, 0.2) is 0 Å². The number of para-hydroxylation sites is 1. The van der Waals surface area contributed by atoms with Crippen molar-refractivity contribution < 1.29 is 14.6 Å². The number of carbonyl (C=O) groups is 1. The topological polar surface area (TPSA) is 61.8 Å². The number of methoxy groups -OCH3 is 1. The SMILES string of the molecule is COc1ccccc1CNC(=O)c1ccc2c(c1)C(O)CCCCCN2C. The number of rotatable bonds is 4. The van der Waals surface area contributed by atoms with Crippen LogP contribution in [-0.4, -0.2) is 31.7 Å². The van der Waals surface area contributed by atoms with Crippen molar-refractivity contribution in [2.24, 2.45) is 0 Å². The van der Waals surface area contributed by atoms with Crippen LogP contribution in [0.15, 0.2) is 42.5 Å². The highest BCUT2D eigenvalue weighted by Gasteiger charge is 2.19. The summed E-state index contributed by atoms with van der Waals surface area (Å²) in [5, 5.41) is 13.6. The first-order valence-corrected chi connectivity index (χ1v) is 9.53. The molecule has 5 heteroatoms. The Morgan fingerprint density at radius 1 is 1.22 bits per heavy atom. The van der Waals surface area contributed by atoms with Crippen LogP contribution in [-0.2, 0) is 6.54 Å². The molecule has 1 aliphatic rings. The first kappa shape index (κ1) is 19.2. The number of nitrogens with zero attached hydrogens (tertiary/aromatic N) is 1. The van der Waals surface area contributed by atoms with Gasteiger partial charge in [-0.3, -0.25) is 4.79 Å². The van der Waals surface area contributed by atoms with Crippen LogP contribution < -0.4 is 15.0 Å². The van der Waals surface area contributed by atoms with E-state index in [2.05, 4.69) is 10.2 Å². The molecular weight excluding hydrogens is 340 g/mol. The molecule has 2 aromatic rings. The molecule has 1 unspecified atom stereocenters. The van der Waals surface area contributed by atoms with Crippen molar-refractivity contribution in [2.45, 2.75) is 38.3 Å². The Kier molecular flexibility index (Phi) is 6.35. The minimum absolute atomic E-state index is 0.154. The summed E-state index contributed by atoms with van der Waals surface area (Å²) in [5.41, 5.74) is 3.33. The maximum atomic E-state index is 12.7. The molecule has 5 nitrogen and oxygen atoms in total. The third-order valence-corrected chi connectivity index (χ3v) is 5.16. The van der Waals surface area contributed by atoms with Crippen molar-refractivity contribution >= 4 is 11.6 Å². The van der Waals surface area contributed by atoms with Crippen molar-refractivity contribution in [3.05, 3.63) is 59.2 Å². The average molecular weight is 368 g/mol. The number of nitrogens with one attached hydrogen (secondary N) is 1. The van der Waals surface area contributed by atoms with E-state index in [1.54, 1.807) is 7.11 Å². The monoisotopic (exact) mass is 368 g/mol. The Labute approximate surface area is 161 Å². The van der Waals surface area contributed by atoms with E-state index in [0.29, 0.717) is 12.1 Å². The second kappa shape index (κ2) is 8.91. The van der Waals surface area contributed by atoms with E-state index >= 15 is 0 Å². The quantitative estimate of drug-likeness (QED) is 0.864. The molecule has 1 atom stereocenters. The maximum absolute atomic E-state index is 12.7. The number of ether oxygens (including phenoxy) is 1. The van der Waals surface area contributed by atoms with Crippen LogP contribution in [0.4, 0.5) is 5.69 Å². The third-order valence-electron chi connectivity index (χ3n) is 5.16. The Balaban J connectivity index is 1.78. The largest absolute Gasteiger partial charge is 0.496 e. The van der Waals surface area contributed by atoms with Crippen LogP contribution in [0.3, 0.4) is 0 Å². The predicted molar refractivity (Wildman–Crippen MR) is 107 cm³/mol. The van der Waals surface area contributed by atoms with Gasteiger partial charge in [0.2, 0.25) is 0 Å². The molecule has 27 heavy (non-hydrogen) atoms. The van der Waals surface area contributed by atoms with E-state index < -0.39 is 6.10 Å². The first-order valence-electron chi connectivity index (χ1n) is 9.53. The average Bonchev–Trinajstić information content (AvgIpc) is 2.76. The Morgan fingerprint density at radius 2 is 2.04 bits per heavy atom. The molecule has 1 aliphatic heterocycles. The molecule has 0 spiro atoms. The van der Waals surface area contributed by atoms with Gasteiger partial charge in [0.1, 0.15) is 5.75 Å². The van der Waals surface area contributed by atoms with Crippen molar-refractivity contribution in [3.63, 3.8) is 0 Å². The molecule has 144 valence electrons. The zero-order chi connectivity index (χ0) is 19.2. The highest BCUT2D eigenvalue weighted by Crippen LogP contribution is 2.32. The summed E-state index contributed by atoms with van der Waals surface area (Å²) in [6, 6.07) is 13.2. The summed E-state index contributed by atoms with van der Waals surface area (Å²) in [7, 11) is 3.66. The van der Waals surface area contributed by atoms with Gasteiger partial charge in [-0.25, -0.2) is 0 Å². The summed E-state index contributed by atoms with van der Waals surface area (Å²) in [6.07, 6.45) is 3.42. The zero-order valence-corrected chi connectivity index (χ0v) is 16.1. The Bertz CT molecular complexity index is 791. The maximum Gasteiger partial charge on any atom is 0.251 e. The number of fused-ring (bicyclic) bond motifs is 1. The number of benzene rings is 2. The van der Waals surface area contributed by atoms with Crippen molar-refractivity contribution in [3.8, 4) is 5.75 Å². The Morgan fingerprint density at radius 3 is 2.85 bits per heavy atom. The second-order valence-electron chi connectivity index (χ2n) is 7.05. The summed E-state index contributed by atoms with van der Waals surface area (Å²) in [4.78, 5) is 14.8. The van der Waals surface area contributed by atoms with E-state index in [0.717, 1.165) is 54.8 Å². The summed E-state index contributed by atoms with van der Waals surface area (Å²) < 4.78 is 5.33. The van der Waals surface area contributed by atoms with E-state index in [4.69, 9.17) is 4.74 Å². The lowest BCUT2D eigenvalue weighted by atomic mass is 9.99. The summed E-state index contributed by atoms with van der Waals surface area (Å²) >= 11 is 0. The van der Waals surface area contributed by atoms with Gasteiger partial charge in [-0.15, -0.1) is 0 Å². The third kappa shape index (κ3) is 4.61. The number of anilines is 1. The van der Waals surface area contributed by atoms with Crippen LogP contribution in [0.5, 0.6) is 5.75 Å². The molecule has 0 radical (unpaired) electrons. The molecule has 0 bridgehead atoms. The molecule has 0 saturated heterocycles. The van der Waals surface area contributed by atoms with E-state index in [-0.39, 0.29) is 5.91 Å². The minimum Gasteiger partial charge on any atom is -0.496 e. The normalized spacial score (nSPS) is 17.3. The smallest absolute Gasteiger partial charge is 0.251 e.